The molecule has 2 aromatic carbocycles. The van der Waals surface area contributed by atoms with Crippen LogP contribution in [0, 0.1) is 5.41 Å². The summed E-state index contributed by atoms with van der Waals surface area (Å²) in [7, 11) is 2.69. The van der Waals surface area contributed by atoms with Crippen molar-refractivity contribution in [2.24, 2.45) is 5.41 Å². The molecule has 352 valence electrons. The fourth-order valence-electron chi connectivity index (χ4n) is 7.19. The molecule has 0 bridgehead atoms. The maximum Gasteiger partial charge on any atom is 0.573 e. The molecule has 2 aliphatic rings. The van der Waals surface area contributed by atoms with E-state index in [4.69, 9.17) is 21.3 Å². The number of benzene rings is 2. The van der Waals surface area contributed by atoms with Crippen LogP contribution in [-0.2, 0) is 25.7 Å². The highest BCUT2D eigenvalue weighted by Gasteiger charge is 2.39. The molecule has 5 N–H and O–H groups in total. The standard InChI is InChI=1S/C41H46ClF3N8O9.C3H8/c1-40(2,22-55)38(58)52-13-11-51(12-14-52)33-10-9-25(18-46-33)37(57)49-29-17-32(62-41(43,44)45)27(16-28(29)42)23-5-7-24(8-6-23)35-30(21-54)48-36(50-35)31-15-26(60-3)20-53(31)34(56)19-47-39(59)61-4;1-3-2/h5-10,16-18,26,31,54-55H,11-15,19-22H2,1-4H3,(H,47,59)(H,48,50)(H,49,57);3H2,1-2H3. The van der Waals surface area contributed by atoms with Crippen LogP contribution in [0.1, 0.15) is 68.5 Å². The number of rotatable bonds is 13. The number of likely N-dealkylation sites (tertiary alicyclic amines) is 1. The van der Waals surface area contributed by atoms with Gasteiger partial charge >= 0.3 is 12.5 Å². The van der Waals surface area contributed by atoms with E-state index in [2.05, 4.69) is 43.9 Å². The van der Waals surface area contributed by atoms with Gasteiger partial charge in [-0.1, -0.05) is 56.1 Å². The number of H-pyrrole nitrogens is 1. The molecule has 0 saturated carbocycles. The molecule has 2 atom stereocenters. The third-order valence-corrected chi connectivity index (χ3v) is 11.0. The second kappa shape index (κ2) is 21.8. The van der Waals surface area contributed by atoms with Crippen molar-refractivity contribution < 1.29 is 56.8 Å². The smallest absolute Gasteiger partial charge is 0.453 e. The van der Waals surface area contributed by atoms with E-state index in [9.17, 15) is 42.6 Å². The number of hydrogen-bond acceptors (Lipinski definition) is 12. The Morgan fingerprint density at radius 1 is 0.969 bits per heavy atom. The fourth-order valence-corrected chi connectivity index (χ4v) is 7.40. The van der Waals surface area contributed by atoms with Crippen LogP contribution in [-0.4, -0.2) is 131 Å². The highest BCUT2D eigenvalue weighted by molar-refractivity contribution is 6.34. The molecule has 4 heterocycles. The summed E-state index contributed by atoms with van der Waals surface area (Å²) in [6.45, 7) is 8.56. The molecule has 0 aliphatic carbocycles. The monoisotopic (exact) mass is 930 g/mol. The second-order valence-electron chi connectivity index (χ2n) is 15.9. The number of carbonyl (C=O) groups is 4. The number of alkyl halides is 3. The largest absolute Gasteiger partial charge is 0.573 e. The van der Waals surface area contributed by atoms with Crippen molar-refractivity contribution in [3.05, 3.63) is 76.8 Å². The number of aromatic nitrogens is 3. The van der Waals surface area contributed by atoms with Gasteiger partial charge in [-0.2, -0.15) is 0 Å². The average molecular weight is 931 g/mol. The Kier molecular flexibility index (Phi) is 16.8. The lowest BCUT2D eigenvalue weighted by Crippen LogP contribution is -2.53. The average Bonchev–Trinajstić information content (AvgIpc) is 3.94. The van der Waals surface area contributed by atoms with Crippen LogP contribution < -0.4 is 20.3 Å². The van der Waals surface area contributed by atoms with Crippen LogP contribution in [0.5, 0.6) is 5.75 Å². The minimum atomic E-state index is -5.11. The summed E-state index contributed by atoms with van der Waals surface area (Å²) in [6.07, 6.45) is -3.27. The number of pyridine rings is 1. The Bertz CT molecular complexity index is 2290. The second-order valence-corrected chi connectivity index (χ2v) is 16.4. The summed E-state index contributed by atoms with van der Waals surface area (Å²) >= 11 is 6.56. The number of piperazine rings is 1. The molecule has 2 unspecified atom stereocenters. The van der Waals surface area contributed by atoms with Crippen molar-refractivity contribution in [2.75, 3.05) is 70.3 Å². The number of nitrogens with zero attached hydrogens (tertiary/aromatic N) is 5. The number of amides is 4. The first-order valence-corrected chi connectivity index (χ1v) is 21.2. The zero-order valence-corrected chi connectivity index (χ0v) is 37.7. The highest BCUT2D eigenvalue weighted by atomic mass is 35.5. The van der Waals surface area contributed by atoms with E-state index in [-0.39, 0.29) is 59.1 Å². The normalized spacial score (nSPS) is 16.4. The van der Waals surface area contributed by atoms with Gasteiger partial charge in [0.25, 0.3) is 5.91 Å². The summed E-state index contributed by atoms with van der Waals surface area (Å²) in [6, 6.07) is 11.0. The number of imidazole rings is 1. The number of halogens is 4. The molecule has 2 fully saturated rings. The topological polar surface area (TPSA) is 212 Å². The van der Waals surface area contributed by atoms with Gasteiger partial charge in [0, 0.05) is 69.6 Å². The molecule has 65 heavy (non-hydrogen) atoms. The Balaban J connectivity index is 0.00000257. The molecule has 2 aromatic heterocycles. The summed E-state index contributed by atoms with van der Waals surface area (Å²) < 4.78 is 55.7. The Morgan fingerprint density at radius 3 is 2.20 bits per heavy atom. The third-order valence-electron chi connectivity index (χ3n) is 10.6. The van der Waals surface area contributed by atoms with Gasteiger partial charge in [0.2, 0.25) is 11.8 Å². The minimum Gasteiger partial charge on any atom is -0.453 e. The number of hydrogen-bond donors (Lipinski definition) is 5. The lowest BCUT2D eigenvalue weighted by Gasteiger charge is -2.38. The van der Waals surface area contributed by atoms with E-state index in [1.54, 1.807) is 36.9 Å². The Morgan fingerprint density at radius 2 is 1.63 bits per heavy atom. The van der Waals surface area contributed by atoms with Gasteiger partial charge in [-0.05, 0) is 37.6 Å². The molecule has 6 rings (SSSR count). The summed E-state index contributed by atoms with van der Waals surface area (Å²) in [5.41, 5.74) is 0.421. The predicted molar refractivity (Wildman–Crippen MR) is 235 cm³/mol. The molecule has 0 spiro atoms. The van der Waals surface area contributed by atoms with E-state index < -0.39 is 48.1 Å². The van der Waals surface area contributed by atoms with Crippen LogP contribution in [0.4, 0.5) is 29.5 Å². The molecular weight excluding hydrogens is 877 g/mol. The number of alkyl carbamates (subject to hydrolysis) is 1. The zero-order chi connectivity index (χ0) is 47.6. The van der Waals surface area contributed by atoms with E-state index in [1.807, 2.05) is 4.90 Å². The third kappa shape index (κ3) is 12.4. The quantitative estimate of drug-likeness (QED) is 0.102. The predicted octanol–water partition coefficient (Wildman–Crippen LogP) is 6.16. The Hall–Kier alpha value is -5.96. The van der Waals surface area contributed by atoms with Gasteiger partial charge in [-0.15, -0.1) is 13.2 Å². The van der Waals surface area contributed by atoms with E-state index in [1.165, 1.54) is 56.0 Å². The van der Waals surface area contributed by atoms with Gasteiger partial charge in [0.15, 0.2) is 0 Å². The number of methoxy groups -OCH3 is 2. The van der Waals surface area contributed by atoms with Gasteiger partial charge in [-0.3, -0.25) is 14.4 Å². The number of aromatic amines is 1. The van der Waals surface area contributed by atoms with Crippen LogP contribution in [0.25, 0.3) is 22.4 Å². The molecule has 4 amide bonds. The lowest BCUT2D eigenvalue weighted by atomic mass is 9.92. The van der Waals surface area contributed by atoms with Crippen LogP contribution in [0.2, 0.25) is 5.02 Å². The first kappa shape index (κ1) is 50.0. The van der Waals surface area contributed by atoms with Crippen molar-refractivity contribution in [3.8, 4) is 28.1 Å². The van der Waals surface area contributed by atoms with Crippen LogP contribution in [0.15, 0.2) is 54.7 Å². The van der Waals surface area contributed by atoms with Crippen molar-refractivity contribution in [1.29, 1.82) is 0 Å². The van der Waals surface area contributed by atoms with E-state index in [0.717, 1.165) is 6.07 Å². The van der Waals surface area contributed by atoms with Crippen LogP contribution in [0.3, 0.4) is 0 Å². The minimum absolute atomic E-state index is 0.0407. The highest BCUT2D eigenvalue weighted by Crippen LogP contribution is 2.41. The summed E-state index contributed by atoms with van der Waals surface area (Å²) in [5.74, 6) is -0.988. The maximum absolute atomic E-state index is 13.8. The number of aliphatic hydroxyl groups excluding tert-OH is 2. The molecule has 2 aliphatic heterocycles. The molecular formula is C44H54ClF3N8O9. The van der Waals surface area contributed by atoms with Crippen molar-refractivity contribution in [2.45, 2.75) is 65.7 Å². The van der Waals surface area contributed by atoms with Crippen molar-refractivity contribution >= 4 is 46.9 Å². The Labute approximate surface area is 379 Å². The van der Waals surface area contributed by atoms with Gasteiger partial charge in [-0.25, -0.2) is 14.8 Å². The summed E-state index contributed by atoms with van der Waals surface area (Å²) in [5, 5.41) is 24.6. The van der Waals surface area contributed by atoms with Crippen molar-refractivity contribution in [1.82, 2.24) is 30.1 Å². The SMILES string of the molecule is CCC.COC(=O)NCC(=O)N1CC(OC)CC1c1nc(-c2ccc(-c3cc(Cl)c(NC(=O)c4ccc(N5CCN(C(=O)C(C)(C)CO)CC5)nc4)cc3OC(F)(F)F)cc2)c(CO)[nH]1. The number of carbonyl (C=O) groups excluding carboxylic acids is 4. The molecule has 0 radical (unpaired) electrons. The van der Waals surface area contributed by atoms with Gasteiger partial charge in [0.1, 0.15) is 23.9 Å². The van der Waals surface area contributed by atoms with Gasteiger partial charge < -0.3 is 54.7 Å². The number of ether oxygens (including phenoxy) is 3. The maximum atomic E-state index is 13.8. The van der Waals surface area contributed by atoms with E-state index >= 15 is 0 Å². The van der Waals surface area contributed by atoms with Gasteiger partial charge in [0.05, 0.1) is 65.5 Å². The molecule has 4 aromatic rings. The summed E-state index contributed by atoms with van der Waals surface area (Å²) in [4.78, 5) is 68.0. The molecule has 2 saturated heterocycles. The number of anilines is 2. The molecule has 21 heteroatoms. The van der Waals surface area contributed by atoms with Crippen molar-refractivity contribution in [3.63, 3.8) is 0 Å². The number of aliphatic hydroxyl groups is 2. The first-order chi connectivity index (χ1) is 30.9. The number of nitrogens with one attached hydrogen (secondary N) is 3. The van der Waals surface area contributed by atoms with E-state index in [0.29, 0.717) is 61.2 Å². The molecule has 17 nitrogen and oxygen atoms in total. The fraction of sp³-hybridized carbons (Fsp3) is 0.455. The lowest BCUT2D eigenvalue weighted by molar-refractivity contribution is -0.274. The first-order valence-electron chi connectivity index (χ1n) is 20.8. The zero-order valence-electron chi connectivity index (χ0n) is 36.9. The van der Waals surface area contributed by atoms with Crippen LogP contribution >= 0.6 is 11.6 Å².